The van der Waals surface area contributed by atoms with E-state index in [1.807, 2.05) is 54.6 Å². The van der Waals surface area contributed by atoms with Crippen molar-refractivity contribution < 1.29 is 19.4 Å². The minimum absolute atomic E-state index is 0.0367. The maximum absolute atomic E-state index is 12.0. The third-order valence-electron chi connectivity index (χ3n) is 4.24. The second-order valence-electron chi connectivity index (χ2n) is 7.59. The van der Waals surface area contributed by atoms with Crippen molar-refractivity contribution >= 4 is 11.9 Å². The summed E-state index contributed by atoms with van der Waals surface area (Å²) in [6, 6.07) is 16.3. The number of hydrogen-bond donors (Lipinski definition) is 2. The molecule has 0 fully saturated rings. The minimum atomic E-state index is -1.06. The fourth-order valence-electron chi connectivity index (χ4n) is 2.65. The van der Waals surface area contributed by atoms with Gasteiger partial charge in [0.1, 0.15) is 12.6 Å². The Kier molecular flexibility index (Phi) is 7.13. The van der Waals surface area contributed by atoms with Gasteiger partial charge >= 0.3 is 5.97 Å². The number of carbonyl (C=O) groups excluding carboxylic acids is 1. The van der Waals surface area contributed by atoms with Crippen molar-refractivity contribution in [3.8, 4) is 0 Å². The molecule has 1 atom stereocenters. The lowest BCUT2D eigenvalue weighted by Crippen LogP contribution is -2.43. The van der Waals surface area contributed by atoms with Crippen LogP contribution in [0, 0.1) is 0 Å². The van der Waals surface area contributed by atoms with Crippen LogP contribution in [0.15, 0.2) is 54.6 Å². The first-order valence-electron chi connectivity index (χ1n) is 8.99. The molecule has 0 radical (unpaired) electrons. The highest BCUT2D eigenvalue weighted by molar-refractivity contribution is 5.84. The van der Waals surface area contributed by atoms with Gasteiger partial charge < -0.3 is 15.2 Å². The molecule has 0 saturated carbocycles. The average molecular weight is 369 g/mol. The lowest BCUT2D eigenvalue weighted by Gasteiger charge is -2.20. The van der Waals surface area contributed by atoms with Gasteiger partial charge in [0.25, 0.3) is 0 Å². The second kappa shape index (κ2) is 9.33. The normalized spacial score (nSPS) is 12.4. The molecule has 2 aromatic carbocycles. The van der Waals surface area contributed by atoms with Gasteiger partial charge in [0.05, 0.1) is 6.61 Å². The van der Waals surface area contributed by atoms with Crippen molar-refractivity contribution in [2.45, 2.75) is 45.3 Å². The Bertz CT molecular complexity index is 748. The van der Waals surface area contributed by atoms with Gasteiger partial charge in [-0.15, -0.1) is 0 Å². The molecule has 27 heavy (non-hydrogen) atoms. The zero-order valence-corrected chi connectivity index (χ0v) is 16.1. The molecule has 0 aliphatic rings. The molecule has 0 bridgehead atoms. The van der Waals surface area contributed by atoms with Gasteiger partial charge in [0, 0.05) is 6.42 Å². The Balaban J connectivity index is 1.87. The largest absolute Gasteiger partial charge is 0.480 e. The predicted octanol–water partition coefficient (Wildman–Crippen LogP) is 3.31. The number of nitrogens with one attached hydrogen (secondary N) is 1. The highest BCUT2D eigenvalue weighted by Crippen LogP contribution is 2.22. The fraction of sp³-hybridized carbons (Fsp3) is 0.364. The van der Waals surface area contributed by atoms with Gasteiger partial charge in [-0.3, -0.25) is 4.79 Å². The lowest BCUT2D eigenvalue weighted by atomic mass is 9.86. The first-order chi connectivity index (χ1) is 12.8. The van der Waals surface area contributed by atoms with Crippen LogP contribution < -0.4 is 5.32 Å². The summed E-state index contributed by atoms with van der Waals surface area (Å²) in [4.78, 5) is 23.5. The molecule has 2 rings (SSSR count). The lowest BCUT2D eigenvalue weighted by molar-refractivity contribution is -0.142. The molecule has 144 valence electrons. The fourth-order valence-corrected chi connectivity index (χ4v) is 2.65. The number of ether oxygens (including phenoxy) is 1. The Hall–Kier alpha value is -2.66. The quantitative estimate of drug-likeness (QED) is 0.748. The molecule has 1 amide bonds. The molecule has 5 heteroatoms. The van der Waals surface area contributed by atoms with Gasteiger partial charge in [-0.25, -0.2) is 4.79 Å². The molecule has 0 saturated heterocycles. The second-order valence-corrected chi connectivity index (χ2v) is 7.59. The van der Waals surface area contributed by atoms with Crippen molar-refractivity contribution in [2.24, 2.45) is 0 Å². The summed E-state index contributed by atoms with van der Waals surface area (Å²) in [6.45, 7) is 6.50. The van der Waals surface area contributed by atoms with Crippen LogP contribution >= 0.6 is 0 Å². The van der Waals surface area contributed by atoms with E-state index in [0.717, 1.165) is 11.1 Å². The summed E-state index contributed by atoms with van der Waals surface area (Å²) in [5, 5.41) is 11.9. The van der Waals surface area contributed by atoms with Gasteiger partial charge in [0.2, 0.25) is 5.91 Å². The molecule has 0 aliphatic heterocycles. The van der Waals surface area contributed by atoms with E-state index < -0.39 is 17.9 Å². The van der Waals surface area contributed by atoms with Crippen molar-refractivity contribution in [1.82, 2.24) is 5.32 Å². The predicted molar refractivity (Wildman–Crippen MR) is 105 cm³/mol. The molecule has 0 unspecified atom stereocenters. The molecule has 2 N–H and O–H groups in total. The number of amides is 1. The Morgan fingerprint density at radius 1 is 1.00 bits per heavy atom. The van der Waals surface area contributed by atoms with Gasteiger partial charge in [-0.05, 0) is 22.1 Å². The summed E-state index contributed by atoms with van der Waals surface area (Å²) >= 11 is 0. The van der Waals surface area contributed by atoms with Gasteiger partial charge in [-0.2, -0.15) is 0 Å². The third kappa shape index (κ3) is 6.87. The number of carboxylic acids is 1. The molecule has 0 aromatic heterocycles. The first kappa shape index (κ1) is 20.6. The number of carboxylic acid groups (broad SMARTS) is 1. The highest BCUT2D eigenvalue weighted by Gasteiger charge is 2.21. The van der Waals surface area contributed by atoms with Crippen molar-refractivity contribution in [1.29, 1.82) is 0 Å². The summed E-state index contributed by atoms with van der Waals surface area (Å²) in [7, 11) is 0. The van der Waals surface area contributed by atoms with Crippen LogP contribution in [-0.2, 0) is 32.8 Å². The zero-order valence-electron chi connectivity index (χ0n) is 16.1. The molecule has 0 aliphatic carbocycles. The molecular weight excluding hydrogens is 342 g/mol. The third-order valence-corrected chi connectivity index (χ3v) is 4.24. The zero-order chi connectivity index (χ0) is 19.9. The Labute approximate surface area is 160 Å². The van der Waals surface area contributed by atoms with Crippen molar-refractivity contribution in [3.63, 3.8) is 0 Å². The van der Waals surface area contributed by atoms with E-state index >= 15 is 0 Å². The van der Waals surface area contributed by atoms with Crippen LogP contribution in [0.1, 0.15) is 37.5 Å². The summed E-state index contributed by atoms with van der Waals surface area (Å²) in [5.41, 5.74) is 3.03. The molecular formula is C22H27NO4. The van der Waals surface area contributed by atoms with E-state index in [0.29, 0.717) is 6.61 Å². The van der Waals surface area contributed by atoms with E-state index in [1.165, 1.54) is 5.56 Å². The maximum Gasteiger partial charge on any atom is 0.326 e. The summed E-state index contributed by atoms with van der Waals surface area (Å²) in [6.07, 6.45) is 0.226. The van der Waals surface area contributed by atoms with Crippen LogP contribution in [0.3, 0.4) is 0 Å². The van der Waals surface area contributed by atoms with Crippen LogP contribution in [0.5, 0.6) is 0 Å². The molecule has 2 aromatic rings. The average Bonchev–Trinajstić information content (AvgIpc) is 2.61. The van der Waals surface area contributed by atoms with Crippen molar-refractivity contribution in [2.75, 3.05) is 6.61 Å². The summed E-state index contributed by atoms with van der Waals surface area (Å²) in [5.74, 6) is -1.50. The highest BCUT2D eigenvalue weighted by atomic mass is 16.5. The molecule has 0 heterocycles. The van der Waals surface area contributed by atoms with Crippen LogP contribution in [0.2, 0.25) is 0 Å². The van der Waals surface area contributed by atoms with E-state index in [-0.39, 0.29) is 18.4 Å². The Morgan fingerprint density at radius 3 is 2.19 bits per heavy atom. The summed E-state index contributed by atoms with van der Waals surface area (Å²) < 4.78 is 5.36. The monoisotopic (exact) mass is 369 g/mol. The van der Waals surface area contributed by atoms with E-state index in [4.69, 9.17) is 4.74 Å². The maximum atomic E-state index is 12.0. The smallest absolute Gasteiger partial charge is 0.326 e. The molecule has 0 spiro atoms. The van der Waals surface area contributed by atoms with Crippen LogP contribution in [0.4, 0.5) is 0 Å². The Morgan fingerprint density at radius 2 is 1.63 bits per heavy atom. The minimum Gasteiger partial charge on any atom is -0.480 e. The van der Waals surface area contributed by atoms with Gasteiger partial charge in [-0.1, -0.05) is 75.4 Å². The van der Waals surface area contributed by atoms with Crippen LogP contribution in [-0.4, -0.2) is 29.6 Å². The topological polar surface area (TPSA) is 75.6 Å². The van der Waals surface area contributed by atoms with Crippen molar-refractivity contribution in [3.05, 3.63) is 71.3 Å². The standard InChI is InChI=1S/C22H27NO4/c1-22(2,3)18-11-9-16(10-12-18)13-19(21(25)26)23-20(24)15-27-14-17-7-5-4-6-8-17/h4-12,19H,13-15H2,1-3H3,(H,23,24)(H,25,26)/t19-/m1/s1. The number of aliphatic carboxylic acids is 1. The van der Waals surface area contributed by atoms with E-state index in [1.54, 1.807) is 0 Å². The van der Waals surface area contributed by atoms with E-state index in [9.17, 15) is 14.7 Å². The number of hydrogen-bond acceptors (Lipinski definition) is 3. The number of benzene rings is 2. The van der Waals surface area contributed by atoms with E-state index in [2.05, 4.69) is 26.1 Å². The molecule has 5 nitrogen and oxygen atoms in total. The SMILES string of the molecule is CC(C)(C)c1ccc(C[C@@H](NC(=O)COCc2ccccc2)C(=O)O)cc1. The van der Waals surface area contributed by atoms with Gasteiger partial charge in [0.15, 0.2) is 0 Å². The van der Waals surface area contributed by atoms with Crippen LogP contribution in [0.25, 0.3) is 0 Å². The number of carbonyl (C=O) groups is 2. The first-order valence-corrected chi connectivity index (χ1v) is 8.99. The number of rotatable bonds is 8.